The van der Waals surface area contributed by atoms with Gasteiger partial charge in [-0.25, -0.2) is 9.97 Å². The predicted octanol–water partition coefficient (Wildman–Crippen LogP) is 4.76. The Bertz CT molecular complexity index is 642. The minimum absolute atomic E-state index is 0.569. The number of aromatic nitrogens is 2. The predicted molar refractivity (Wildman–Crippen MR) is 92.4 cm³/mol. The molecule has 1 aromatic carbocycles. The molecule has 1 aromatic heterocycles. The van der Waals surface area contributed by atoms with E-state index in [0.717, 1.165) is 18.9 Å². The normalized spacial score (nSPS) is 18.3. The number of benzene rings is 1. The minimum Gasteiger partial charge on any atom is -0.356 e. The van der Waals surface area contributed by atoms with E-state index in [-0.39, 0.29) is 0 Å². The number of piperidine rings is 1. The largest absolute Gasteiger partial charge is 0.356 e. The zero-order valence-electron chi connectivity index (χ0n) is 12.4. The van der Waals surface area contributed by atoms with Crippen molar-refractivity contribution in [1.29, 1.82) is 0 Å². The van der Waals surface area contributed by atoms with Gasteiger partial charge in [0, 0.05) is 19.2 Å². The molecule has 22 heavy (non-hydrogen) atoms. The Morgan fingerprint density at radius 1 is 1.23 bits per heavy atom. The van der Waals surface area contributed by atoms with Gasteiger partial charge in [0.05, 0.1) is 15.7 Å². The van der Waals surface area contributed by atoms with Crippen molar-refractivity contribution in [2.24, 2.45) is 5.92 Å². The van der Waals surface area contributed by atoms with Gasteiger partial charge in [-0.1, -0.05) is 36.2 Å². The van der Waals surface area contributed by atoms with Gasteiger partial charge in [0.2, 0.25) is 0 Å². The molecule has 4 nitrogen and oxygen atoms in total. The molecular weight excluding hydrogens is 319 g/mol. The van der Waals surface area contributed by atoms with Crippen LogP contribution in [0.1, 0.15) is 19.8 Å². The SMILES string of the molecule is CC1CCCN(c2cc(Nc3c(Cl)cccc3Cl)ncn2)C1. The monoisotopic (exact) mass is 336 g/mol. The fraction of sp³-hybridized carbons (Fsp3) is 0.375. The number of hydrogen-bond acceptors (Lipinski definition) is 4. The van der Waals surface area contributed by atoms with Crippen molar-refractivity contribution in [3.8, 4) is 0 Å². The van der Waals surface area contributed by atoms with Gasteiger partial charge < -0.3 is 10.2 Å². The first-order valence-corrected chi connectivity index (χ1v) is 8.17. The summed E-state index contributed by atoms with van der Waals surface area (Å²) in [6.07, 6.45) is 4.05. The zero-order chi connectivity index (χ0) is 15.5. The van der Waals surface area contributed by atoms with Crippen LogP contribution in [0, 0.1) is 5.92 Å². The van der Waals surface area contributed by atoms with E-state index in [1.807, 2.05) is 12.1 Å². The fourth-order valence-electron chi connectivity index (χ4n) is 2.73. The third kappa shape index (κ3) is 3.45. The summed E-state index contributed by atoms with van der Waals surface area (Å²) in [4.78, 5) is 11.0. The average Bonchev–Trinajstić information content (AvgIpc) is 2.51. The second kappa shape index (κ2) is 6.71. The molecule has 1 fully saturated rings. The average molecular weight is 337 g/mol. The lowest BCUT2D eigenvalue weighted by molar-refractivity contribution is 0.444. The molecule has 0 aliphatic carbocycles. The molecule has 0 bridgehead atoms. The Hall–Kier alpha value is -1.52. The molecule has 6 heteroatoms. The van der Waals surface area contributed by atoms with Crippen LogP contribution in [0.15, 0.2) is 30.6 Å². The topological polar surface area (TPSA) is 41.0 Å². The zero-order valence-corrected chi connectivity index (χ0v) is 13.9. The molecule has 2 aromatic rings. The summed E-state index contributed by atoms with van der Waals surface area (Å²) in [6, 6.07) is 7.35. The highest BCUT2D eigenvalue weighted by Crippen LogP contribution is 2.32. The van der Waals surface area contributed by atoms with Crippen molar-refractivity contribution in [2.75, 3.05) is 23.3 Å². The highest BCUT2D eigenvalue weighted by atomic mass is 35.5. The highest BCUT2D eigenvalue weighted by Gasteiger charge is 2.18. The lowest BCUT2D eigenvalue weighted by atomic mass is 10.0. The van der Waals surface area contributed by atoms with E-state index in [4.69, 9.17) is 23.2 Å². The first-order valence-electron chi connectivity index (χ1n) is 7.41. The first kappa shape index (κ1) is 15.4. The number of nitrogens with one attached hydrogen (secondary N) is 1. The van der Waals surface area contributed by atoms with Gasteiger partial charge in [-0.2, -0.15) is 0 Å². The van der Waals surface area contributed by atoms with Crippen LogP contribution in [0.25, 0.3) is 0 Å². The number of anilines is 3. The highest BCUT2D eigenvalue weighted by molar-refractivity contribution is 6.39. The molecule has 0 spiro atoms. The van der Waals surface area contributed by atoms with Crippen LogP contribution in [0.3, 0.4) is 0 Å². The number of nitrogens with zero attached hydrogens (tertiary/aromatic N) is 3. The molecule has 116 valence electrons. The number of hydrogen-bond donors (Lipinski definition) is 1. The quantitative estimate of drug-likeness (QED) is 0.876. The second-order valence-electron chi connectivity index (χ2n) is 5.68. The Morgan fingerprint density at radius 2 is 2.00 bits per heavy atom. The van der Waals surface area contributed by atoms with Gasteiger partial charge in [-0.15, -0.1) is 0 Å². The van der Waals surface area contributed by atoms with Crippen molar-refractivity contribution in [1.82, 2.24) is 9.97 Å². The molecule has 0 saturated carbocycles. The van der Waals surface area contributed by atoms with Gasteiger partial charge in [-0.3, -0.25) is 0 Å². The maximum absolute atomic E-state index is 6.19. The molecule has 2 heterocycles. The van der Waals surface area contributed by atoms with Crippen LogP contribution in [0.2, 0.25) is 10.0 Å². The number of rotatable bonds is 3. The molecule has 1 unspecified atom stereocenters. The van der Waals surface area contributed by atoms with Crippen molar-refractivity contribution in [3.05, 3.63) is 40.6 Å². The molecular formula is C16H18Cl2N4. The molecule has 1 N–H and O–H groups in total. The summed E-state index contributed by atoms with van der Waals surface area (Å²) in [6.45, 7) is 4.34. The molecule has 0 radical (unpaired) electrons. The standard InChI is InChI=1S/C16H18Cl2N4/c1-11-4-3-7-22(9-11)15-8-14(19-10-20-15)21-16-12(17)5-2-6-13(16)18/h2,5-6,8,10-11H,3-4,7,9H2,1H3,(H,19,20,21). The minimum atomic E-state index is 0.569. The summed E-state index contributed by atoms with van der Waals surface area (Å²) >= 11 is 12.4. The Kier molecular flexibility index (Phi) is 4.69. The Labute approximate surface area is 140 Å². The number of para-hydroxylation sites is 1. The second-order valence-corrected chi connectivity index (χ2v) is 6.49. The van der Waals surface area contributed by atoms with Crippen molar-refractivity contribution >= 4 is 40.5 Å². The first-order chi connectivity index (χ1) is 10.6. The van der Waals surface area contributed by atoms with Gasteiger partial charge in [-0.05, 0) is 30.9 Å². The van der Waals surface area contributed by atoms with E-state index in [2.05, 4.69) is 27.1 Å². The maximum atomic E-state index is 6.19. The summed E-state index contributed by atoms with van der Waals surface area (Å²) in [5.41, 5.74) is 0.669. The molecule has 3 rings (SSSR count). The van der Waals surface area contributed by atoms with Gasteiger partial charge >= 0.3 is 0 Å². The number of halogens is 2. The van der Waals surface area contributed by atoms with E-state index in [1.165, 1.54) is 12.8 Å². The maximum Gasteiger partial charge on any atom is 0.135 e. The molecule has 1 atom stereocenters. The van der Waals surface area contributed by atoms with E-state index in [0.29, 0.717) is 27.5 Å². The van der Waals surface area contributed by atoms with Crippen LogP contribution in [0.4, 0.5) is 17.3 Å². The lowest BCUT2D eigenvalue weighted by Gasteiger charge is -2.31. The molecule has 1 saturated heterocycles. The molecule has 0 amide bonds. The fourth-order valence-corrected chi connectivity index (χ4v) is 3.22. The molecule has 1 aliphatic heterocycles. The van der Waals surface area contributed by atoms with Crippen molar-refractivity contribution < 1.29 is 0 Å². The smallest absolute Gasteiger partial charge is 0.135 e. The summed E-state index contributed by atoms with van der Waals surface area (Å²) < 4.78 is 0. The van der Waals surface area contributed by atoms with Crippen molar-refractivity contribution in [3.63, 3.8) is 0 Å². The summed E-state index contributed by atoms with van der Waals surface area (Å²) in [7, 11) is 0. The van der Waals surface area contributed by atoms with Crippen LogP contribution >= 0.6 is 23.2 Å². The van der Waals surface area contributed by atoms with Crippen molar-refractivity contribution in [2.45, 2.75) is 19.8 Å². The van der Waals surface area contributed by atoms with Crippen LogP contribution in [0.5, 0.6) is 0 Å². The van der Waals surface area contributed by atoms with E-state index < -0.39 is 0 Å². The summed E-state index contributed by atoms with van der Waals surface area (Å²) in [5.74, 6) is 2.32. The van der Waals surface area contributed by atoms with E-state index >= 15 is 0 Å². The van der Waals surface area contributed by atoms with Crippen LogP contribution in [-0.4, -0.2) is 23.1 Å². The third-order valence-corrected chi connectivity index (χ3v) is 4.48. The van der Waals surface area contributed by atoms with E-state index in [9.17, 15) is 0 Å². The van der Waals surface area contributed by atoms with Crippen LogP contribution in [-0.2, 0) is 0 Å². The molecule has 1 aliphatic rings. The lowest BCUT2D eigenvalue weighted by Crippen LogP contribution is -2.34. The van der Waals surface area contributed by atoms with E-state index in [1.54, 1.807) is 18.5 Å². The van der Waals surface area contributed by atoms with Gasteiger partial charge in [0.15, 0.2) is 0 Å². The van der Waals surface area contributed by atoms with Gasteiger partial charge in [0.1, 0.15) is 18.0 Å². The van der Waals surface area contributed by atoms with Gasteiger partial charge in [0.25, 0.3) is 0 Å². The Balaban J connectivity index is 1.82. The third-order valence-electron chi connectivity index (χ3n) is 3.85. The van der Waals surface area contributed by atoms with Crippen LogP contribution < -0.4 is 10.2 Å². The summed E-state index contributed by atoms with van der Waals surface area (Å²) in [5, 5.41) is 4.33. The Morgan fingerprint density at radius 3 is 2.73 bits per heavy atom.